The lowest BCUT2D eigenvalue weighted by Gasteiger charge is -2.36. The Labute approximate surface area is 305 Å². The molecular weight excluding hydrogens is 706 g/mol. The number of amides is 3. The average molecular weight is 753 g/mol. The van der Waals surface area contributed by atoms with Gasteiger partial charge in [0.25, 0.3) is 5.91 Å². The molecule has 53 heavy (non-hydrogen) atoms. The van der Waals surface area contributed by atoms with Crippen LogP contribution in [-0.2, 0) is 23.6 Å². The molecule has 3 aromatic rings. The van der Waals surface area contributed by atoms with Crippen LogP contribution in [0.4, 0.5) is 42.5 Å². The average Bonchev–Trinajstić information content (AvgIpc) is 3.09. The third-order valence-electron chi connectivity index (χ3n) is 9.00. The lowest BCUT2D eigenvalue weighted by Crippen LogP contribution is -2.47. The second-order valence-electron chi connectivity index (χ2n) is 13.6. The quantitative estimate of drug-likeness (QED) is 0.200. The number of anilines is 2. The highest BCUT2D eigenvalue weighted by atomic mass is 19.4. The first-order valence-electron chi connectivity index (χ1n) is 17.4. The van der Waals surface area contributed by atoms with Crippen molar-refractivity contribution in [3.8, 4) is 5.75 Å². The summed E-state index contributed by atoms with van der Waals surface area (Å²) in [5.74, 6) is -0.452. The van der Waals surface area contributed by atoms with Gasteiger partial charge in [0, 0.05) is 43.5 Å². The Morgan fingerprint density at radius 2 is 1.51 bits per heavy atom. The molecule has 3 amide bonds. The zero-order valence-electron chi connectivity index (χ0n) is 30.1. The first-order valence-corrected chi connectivity index (χ1v) is 17.4. The molecule has 4 rings (SSSR count). The Morgan fingerprint density at radius 1 is 0.925 bits per heavy atom. The number of urea groups is 1. The van der Waals surface area contributed by atoms with Crippen LogP contribution in [0.2, 0.25) is 0 Å². The Hall–Kier alpha value is -4.34. The number of hydrogen-bond donors (Lipinski definition) is 3. The van der Waals surface area contributed by atoms with Gasteiger partial charge in [0.2, 0.25) is 0 Å². The van der Waals surface area contributed by atoms with Crippen LogP contribution in [-0.4, -0.2) is 78.4 Å². The fraction of sp³-hybridized carbons (Fsp3) is 0.474. The molecule has 1 aliphatic rings. The van der Waals surface area contributed by atoms with Crippen molar-refractivity contribution in [2.75, 3.05) is 44.0 Å². The molecule has 0 spiro atoms. The summed E-state index contributed by atoms with van der Waals surface area (Å²) in [7, 11) is 1.84. The number of halogens is 6. The van der Waals surface area contributed by atoms with Gasteiger partial charge in [-0.15, -0.1) is 0 Å². The molecular formula is C38H46F6N4O5. The predicted octanol–water partition coefficient (Wildman–Crippen LogP) is 8.30. The van der Waals surface area contributed by atoms with Crippen molar-refractivity contribution in [1.82, 2.24) is 9.80 Å². The molecule has 0 bridgehead atoms. The summed E-state index contributed by atoms with van der Waals surface area (Å²) in [5.41, 5.74) is -0.412. The van der Waals surface area contributed by atoms with Crippen LogP contribution in [0, 0.1) is 5.92 Å². The lowest BCUT2D eigenvalue weighted by atomic mass is 10.0. The Bertz CT molecular complexity index is 1650. The van der Waals surface area contributed by atoms with E-state index in [9.17, 15) is 41.0 Å². The molecule has 3 aromatic carbocycles. The number of hydrogen-bond acceptors (Lipinski definition) is 6. The number of likely N-dealkylation sites (N-methyl/N-ethyl adjacent to an activating group) is 1. The van der Waals surface area contributed by atoms with Gasteiger partial charge in [-0.05, 0) is 100 Å². The maximum absolute atomic E-state index is 14.4. The van der Waals surface area contributed by atoms with Gasteiger partial charge in [-0.1, -0.05) is 19.1 Å². The molecule has 1 aliphatic heterocycles. The minimum atomic E-state index is -4.52. The van der Waals surface area contributed by atoms with Gasteiger partial charge in [0.15, 0.2) is 0 Å². The maximum Gasteiger partial charge on any atom is 0.416 e. The van der Waals surface area contributed by atoms with Gasteiger partial charge in [0.05, 0.1) is 41.5 Å². The van der Waals surface area contributed by atoms with Crippen molar-refractivity contribution in [2.45, 2.75) is 77.2 Å². The molecule has 0 fully saturated rings. The number of rotatable bonds is 8. The van der Waals surface area contributed by atoms with Gasteiger partial charge in [-0.2, -0.15) is 26.3 Å². The SMILES string of the molecule is C[C@@H]1CCCCO[C@H](CN(C)Cc2ccc(C(F)(F)F)cc2)[C@@H](C)CN([C@H](C)CO)C(=O)c2cc(NC(=O)Nc3ccc(C(F)(F)F)cc3)ccc2O1. The second-order valence-corrected chi connectivity index (χ2v) is 13.6. The molecule has 0 saturated heterocycles. The number of nitrogens with one attached hydrogen (secondary N) is 2. The Balaban J connectivity index is 1.55. The summed E-state index contributed by atoms with van der Waals surface area (Å²) in [5, 5.41) is 15.3. The van der Waals surface area contributed by atoms with E-state index >= 15 is 0 Å². The molecule has 0 aromatic heterocycles. The fourth-order valence-corrected chi connectivity index (χ4v) is 5.98. The van der Waals surface area contributed by atoms with Gasteiger partial charge >= 0.3 is 18.4 Å². The third kappa shape index (κ3) is 12.1. The van der Waals surface area contributed by atoms with Crippen molar-refractivity contribution >= 4 is 23.3 Å². The zero-order chi connectivity index (χ0) is 38.9. The van der Waals surface area contributed by atoms with Crippen LogP contribution in [0.5, 0.6) is 5.75 Å². The van der Waals surface area contributed by atoms with Crippen LogP contribution >= 0.6 is 0 Å². The topological polar surface area (TPSA) is 103 Å². The molecule has 290 valence electrons. The number of nitrogens with zero attached hydrogens (tertiary/aromatic N) is 2. The largest absolute Gasteiger partial charge is 0.490 e. The van der Waals surface area contributed by atoms with E-state index in [0.717, 1.165) is 49.2 Å². The van der Waals surface area contributed by atoms with Crippen molar-refractivity contribution in [2.24, 2.45) is 5.92 Å². The molecule has 9 nitrogen and oxygen atoms in total. The number of aliphatic hydroxyl groups excluding tert-OH is 1. The number of carbonyl (C=O) groups excluding carboxylic acids is 2. The number of carbonyl (C=O) groups is 2. The predicted molar refractivity (Wildman–Crippen MR) is 189 cm³/mol. The van der Waals surface area contributed by atoms with Gasteiger partial charge in [0.1, 0.15) is 5.75 Å². The maximum atomic E-state index is 14.4. The van der Waals surface area contributed by atoms with Crippen LogP contribution in [0.15, 0.2) is 66.7 Å². The van der Waals surface area contributed by atoms with Gasteiger partial charge < -0.3 is 30.1 Å². The summed E-state index contributed by atoms with van der Waals surface area (Å²) >= 11 is 0. The van der Waals surface area contributed by atoms with Crippen molar-refractivity contribution < 1.29 is 50.5 Å². The number of aliphatic hydroxyl groups is 1. The van der Waals surface area contributed by atoms with Crippen LogP contribution in [0.1, 0.15) is 67.1 Å². The Morgan fingerprint density at radius 3 is 2.11 bits per heavy atom. The second kappa shape index (κ2) is 18.1. The molecule has 0 unspecified atom stereocenters. The fourth-order valence-electron chi connectivity index (χ4n) is 5.98. The van der Waals surface area contributed by atoms with Crippen LogP contribution in [0.25, 0.3) is 0 Å². The van der Waals surface area contributed by atoms with Crippen LogP contribution in [0.3, 0.4) is 0 Å². The molecule has 0 radical (unpaired) electrons. The summed E-state index contributed by atoms with van der Waals surface area (Å²) < 4.78 is 90.7. The minimum absolute atomic E-state index is 0.126. The molecule has 1 heterocycles. The molecule has 0 saturated carbocycles. The van der Waals surface area contributed by atoms with Gasteiger partial charge in [-0.25, -0.2) is 4.79 Å². The minimum Gasteiger partial charge on any atom is -0.490 e. The highest BCUT2D eigenvalue weighted by molar-refractivity contribution is 6.02. The van der Waals surface area contributed by atoms with E-state index in [1.165, 1.54) is 23.1 Å². The van der Waals surface area contributed by atoms with E-state index < -0.39 is 41.5 Å². The highest BCUT2D eigenvalue weighted by Gasteiger charge is 2.32. The van der Waals surface area contributed by atoms with E-state index in [4.69, 9.17) is 9.47 Å². The highest BCUT2D eigenvalue weighted by Crippen LogP contribution is 2.32. The normalized spacial score (nSPS) is 19.9. The number of ether oxygens (including phenoxy) is 2. The Kier molecular flexibility index (Phi) is 14.2. The van der Waals surface area contributed by atoms with E-state index in [-0.39, 0.29) is 54.0 Å². The van der Waals surface area contributed by atoms with Crippen molar-refractivity contribution in [3.63, 3.8) is 0 Å². The first-order chi connectivity index (χ1) is 24.9. The monoisotopic (exact) mass is 752 g/mol. The summed E-state index contributed by atoms with van der Waals surface area (Å²) in [4.78, 5) is 30.7. The number of benzene rings is 3. The number of alkyl halides is 6. The summed E-state index contributed by atoms with van der Waals surface area (Å²) in [6, 6.07) is 12.2. The molecule has 4 atom stereocenters. The zero-order valence-corrected chi connectivity index (χ0v) is 30.1. The number of fused-ring (bicyclic) bond motifs is 1. The van der Waals surface area contributed by atoms with E-state index in [0.29, 0.717) is 31.7 Å². The standard InChI is InChI=1S/C38H46F6N4O5/c1-24-20-48(25(2)23-49)35(50)32-19-31(46-36(51)45-30-14-12-29(13-15-30)38(42,43)44)16-17-33(32)53-26(3)7-5-6-18-52-34(24)22-47(4)21-27-8-10-28(11-9-27)37(39,40)41/h8-17,19,24-26,34,49H,5-7,18,20-23H2,1-4H3,(H2,45,46,51)/t24-,25+,26+,34+/m0/s1. The smallest absolute Gasteiger partial charge is 0.416 e. The third-order valence-corrected chi connectivity index (χ3v) is 9.00. The van der Waals surface area contributed by atoms with Gasteiger partial charge in [-0.3, -0.25) is 9.69 Å². The van der Waals surface area contributed by atoms with Crippen LogP contribution < -0.4 is 15.4 Å². The molecule has 15 heteroatoms. The van der Waals surface area contributed by atoms with E-state index in [1.54, 1.807) is 19.1 Å². The summed E-state index contributed by atoms with van der Waals surface area (Å²) in [6.45, 7) is 6.54. The first kappa shape index (κ1) is 41.4. The van der Waals surface area contributed by atoms with Crippen molar-refractivity contribution in [3.05, 3.63) is 89.0 Å². The lowest BCUT2D eigenvalue weighted by molar-refractivity contribution is -0.138. The van der Waals surface area contributed by atoms with E-state index in [2.05, 4.69) is 10.6 Å². The molecule has 3 N–H and O–H groups in total. The summed E-state index contributed by atoms with van der Waals surface area (Å²) in [6.07, 6.45) is -7.47. The molecule has 0 aliphatic carbocycles. The van der Waals surface area contributed by atoms with Crippen molar-refractivity contribution in [1.29, 1.82) is 0 Å². The van der Waals surface area contributed by atoms with E-state index in [1.807, 2.05) is 25.8 Å².